The molecule has 2 aliphatic rings. The van der Waals surface area contributed by atoms with Gasteiger partial charge in [0.25, 0.3) is 0 Å². The fraction of sp³-hybridized carbons (Fsp3) is 0.588. The summed E-state index contributed by atoms with van der Waals surface area (Å²) < 4.78 is 0. The fourth-order valence-corrected chi connectivity index (χ4v) is 3.51. The van der Waals surface area contributed by atoms with Gasteiger partial charge in [-0.1, -0.05) is 18.2 Å². The van der Waals surface area contributed by atoms with E-state index in [1.807, 2.05) is 4.90 Å². The molecule has 1 aromatic carbocycles. The van der Waals surface area contributed by atoms with E-state index in [0.717, 1.165) is 39.1 Å². The van der Waals surface area contributed by atoms with E-state index >= 15 is 0 Å². The number of fused-ring (bicyclic) bond motifs is 1. The normalized spacial score (nSPS) is 20.2. The molecule has 0 amide bonds. The molecule has 0 radical (unpaired) electrons. The van der Waals surface area contributed by atoms with E-state index in [1.54, 1.807) is 0 Å². The first kappa shape index (κ1) is 14.5. The summed E-state index contributed by atoms with van der Waals surface area (Å²) in [6, 6.07) is 6.94. The van der Waals surface area contributed by atoms with Crippen molar-refractivity contribution in [1.29, 1.82) is 0 Å². The number of nitrogens with zero attached hydrogens (tertiary/aromatic N) is 2. The van der Waals surface area contributed by atoms with Crippen molar-refractivity contribution in [3.05, 3.63) is 34.9 Å². The SMILES string of the molecule is O=C(O)CN1CCCN(Cc2ccc3c(c2)CCC3)CC1. The standard InChI is InChI=1S/C17H24N2O2/c20-17(21)13-19-8-2-7-18(9-10-19)12-14-5-6-15-3-1-4-16(15)11-14/h5-6,11H,1-4,7-10,12-13H2,(H,20,21). The molecule has 4 nitrogen and oxygen atoms in total. The number of aliphatic carboxylic acids is 1. The first-order valence-electron chi connectivity index (χ1n) is 7.98. The highest BCUT2D eigenvalue weighted by atomic mass is 16.4. The smallest absolute Gasteiger partial charge is 0.317 e. The molecule has 0 unspecified atom stereocenters. The molecule has 0 bridgehead atoms. The third-order valence-electron chi connectivity index (χ3n) is 4.61. The largest absolute Gasteiger partial charge is 0.480 e. The summed E-state index contributed by atoms with van der Waals surface area (Å²) in [7, 11) is 0. The second kappa shape index (κ2) is 6.58. The Morgan fingerprint density at radius 2 is 1.76 bits per heavy atom. The summed E-state index contributed by atoms with van der Waals surface area (Å²) in [5.41, 5.74) is 4.47. The summed E-state index contributed by atoms with van der Waals surface area (Å²) >= 11 is 0. The molecule has 1 aromatic rings. The van der Waals surface area contributed by atoms with Crippen molar-refractivity contribution in [2.45, 2.75) is 32.2 Å². The minimum atomic E-state index is -0.720. The van der Waals surface area contributed by atoms with Crippen LogP contribution in [0.2, 0.25) is 0 Å². The maximum absolute atomic E-state index is 10.8. The first-order valence-corrected chi connectivity index (χ1v) is 7.98. The lowest BCUT2D eigenvalue weighted by Gasteiger charge is -2.21. The third-order valence-corrected chi connectivity index (χ3v) is 4.61. The van der Waals surface area contributed by atoms with E-state index in [0.29, 0.717) is 0 Å². The van der Waals surface area contributed by atoms with Gasteiger partial charge in [-0.2, -0.15) is 0 Å². The summed E-state index contributed by atoms with van der Waals surface area (Å²) in [6.07, 6.45) is 4.82. The minimum Gasteiger partial charge on any atom is -0.480 e. The topological polar surface area (TPSA) is 43.8 Å². The number of hydrogen-bond donors (Lipinski definition) is 1. The van der Waals surface area contributed by atoms with Gasteiger partial charge in [0.2, 0.25) is 0 Å². The van der Waals surface area contributed by atoms with Gasteiger partial charge in [0, 0.05) is 26.2 Å². The molecular formula is C17H24N2O2. The summed E-state index contributed by atoms with van der Waals surface area (Å²) in [6.45, 7) is 4.95. The molecule has 0 aromatic heterocycles. The van der Waals surface area contributed by atoms with E-state index in [1.165, 1.54) is 36.0 Å². The molecule has 1 saturated heterocycles. The lowest BCUT2D eigenvalue weighted by atomic mass is 10.1. The van der Waals surface area contributed by atoms with Crippen LogP contribution in [0.1, 0.15) is 29.5 Å². The second-order valence-electron chi connectivity index (χ2n) is 6.26. The molecule has 1 aliphatic heterocycles. The maximum Gasteiger partial charge on any atom is 0.317 e. The van der Waals surface area contributed by atoms with Crippen molar-refractivity contribution in [3.8, 4) is 0 Å². The number of carboxylic acids is 1. The summed E-state index contributed by atoms with van der Waals surface area (Å²) in [5, 5.41) is 8.89. The van der Waals surface area contributed by atoms with Gasteiger partial charge >= 0.3 is 5.97 Å². The number of benzene rings is 1. The van der Waals surface area contributed by atoms with Crippen molar-refractivity contribution < 1.29 is 9.90 Å². The lowest BCUT2D eigenvalue weighted by molar-refractivity contribution is -0.138. The van der Waals surface area contributed by atoms with Gasteiger partial charge in [-0.15, -0.1) is 0 Å². The zero-order valence-electron chi connectivity index (χ0n) is 12.6. The van der Waals surface area contributed by atoms with Crippen LogP contribution in [0.3, 0.4) is 0 Å². The quantitative estimate of drug-likeness (QED) is 0.917. The van der Waals surface area contributed by atoms with Gasteiger partial charge in [-0.05, 0) is 48.9 Å². The van der Waals surface area contributed by atoms with Crippen LogP contribution in [0.4, 0.5) is 0 Å². The van der Waals surface area contributed by atoms with E-state index in [4.69, 9.17) is 5.11 Å². The van der Waals surface area contributed by atoms with Crippen LogP contribution in [0.5, 0.6) is 0 Å². The Balaban J connectivity index is 1.57. The predicted molar refractivity (Wildman–Crippen MR) is 82.4 cm³/mol. The number of rotatable bonds is 4. The van der Waals surface area contributed by atoms with Crippen LogP contribution in [0.15, 0.2) is 18.2 Å². The molecule has 0 saturated carbocycles. The molecule has 3 rings (SSSR count). The van der Waals surface area contributed by atoms with Gasteiger partial charge in [-0.25, -0.2) is 0 Å². The molecule has 0 spiro atoms. The zero-order valence-corrected chi connectivity index (χ0v) is 12.6. The number of hydrogen-bond acceptors (Lipinski definition) is 3. The Bertz CT molecular complexity index is 516. The van der Waals surface area contributed by atoms with Gasteiger partial charge in [0.05, 0.1) is 6.54 Å². The van der Waals surface area contributed by atoms with Crippen LogP contribution < -0.4 is 0 Å². The molecule has 1 fully saturated rings. The van der Waals surface area contributed by atoms with Gasteiger partial charge in [0.1, 0.15) is 0 Å². The summed E-state index contributed by atoms with van der Waals surface area (Å²) in [4.78, 5) is 15.3. The highest BCUT2D eigenvalue weighted by Gasteiger charge is 2.17. The van der Waals surface area contributed by atoms with Gasteiger partial charge < -0.3 is 5.11 Å². The van der Waals surface area contributed by atoms with Gasteiger partial charge in [-0.3, -0.25) is 14.6 Å². The van der Waals surface area contributed by atoms with E-state index in [9.17, 15) is 4.79 Å². The predicted octanol–water partition coefficient (Wildman–Crippen LogP) is 1.77. The molecule has 4 heteroatoms. The third kappa shape index (κ3) is 3.83. The molecule has 114 valence electrons. The average Bonchev–Trinajstić information content (AvgIpc) is 2.80. The fourth-order valence-electron chi connectivity index (χ4n) is 3.51. The van der Waals surface area contributed by atoms with E-state index < -0.39 is 5.97 Å². The van der Waals surface area contributed by atoms with Crippen LogP contribution in [-0.2, 0) is 24.2 Å². The number of aryl methyl sites for hydroxylation is 2. The molecular weight excluding hydrogens is 264 g/mol. The van der Waals surface area contributed by atoms with Crippen molar-refractivity contribution in [3.63, 3.8) is 0 Å². The summed E-state index contributed by atoms with van der Waals surface area (Å²) in [5.74, 6) is -0.720. The average molecular weight is 288 g/mol. The monoisotopic (exact) mass is 288 g/mol. The van der Waals surface area contributed by atoms with Crippen molar-refractivity contribution in [2.75, 3.05) is 32.7 Å². The Kier molecular flexibility index (Phi) is 4.56. The maximum atomic E-state index is 10.8. The first-order chi connectivity index (χ1) is 10.2. The molecule has 1 aliphatic carbocycles. The van der Waals surface area contributed by atoms with Crippen LogP contribution in [0, 0.1) is 0 Å². The van der Waals surface area contributed by atoms with Gasteiger partial charge in [0.15, 0.2) is 0 Å². The highest BCUT2D eigenvalue weighted by Crippen LogP contribution is 2.23. The molecule has 1 heterocycles. The molecule has 1 N–H and O–H groups in total. The van der Waals surface area contributed by atoms with Crippen LogP contribution in [0.25, 0.3) is 0 Å². The van der Waals surface area contributed by atoms with Crippen LogP contribution in [-0.4, -0.2) is 53.6 Å². The van der Waals surface area contributed by atoms with E-state index in [2.05, 4.69) is 23.1 Å². The van der Waals surface area contributed by atoms with Crippen molar-refractivity contribution >= 4 is 5.97 Å². The van der Waals surface area contributed by atoms with Crippen molar-refractivity contribution in [1.82, 2.24) is 9.80 Å². The number of carboxylic acid groups (broad SMARTS) is 1. The Labute approximate surface area is 126 Å². The lowest BCUT2D eigenvalue weighted by Crippen LogP contribution is -2.34. The highest BCUT2D eigenvalue weighted by molar-refractivity contribution is 5.69. The van der Waals surface area contributed by atoms with E-state index in [-0.39, 0.29) is 6.54 Å². The number of carbonyl (C=O) groups is 1. The molecule has 0 atom stereocenters. The Morgan fingerprint density at radius 1 is 1.00 bits per heavy atom. The van der Waals surface area contributed by atoms with Crippen LogP contribution >= 0.6 is 0 Å². The van der Waals surface area contributed by atoms with Crippen molar-refractivity contribution in [2.24, 2.45) is 0 Å². The molecule has 21 heavy (non-hydrogen) atoms. The minimum absolute atomic E-state index is 0.173. The second-order valence-corrected chi connectivity index (χ2v) is 6.26. The Hall–Kier alpha value is -1.39. The Morgan fingerprint density at radius 3 is 2.62 bits per heavy atom. The zero-order chi connectivity index (χ0) is 14.7.